The highest BCUT2D eigenvalue weighted by atomic mass is 19.1. The van der Waals surface area contributed by atoms with Crippen molar-refractivity contribution in [2.45, 2.75) is 39.2 Å². The normalized spacial score (nSPS) is 23.7. The van der Waals surface area contributed by atoms with Crippen LogP contribution in [0.5, 0.6) is 5.75 Å². The highest BCUT2D eigenvalue weighted by Gasteiger charge is 2.41. The molecule has 2 aliphatic rings. The molecule has 1 amide bonds. The van der Waals surface area contributed by atoms with Crippen molar-refractivity contribution in [3.8, 4) is 5.75 Å². The predicted molar refractivity (Wildman–Crippen MR) is 104 cm³/mol. The Bertz CT molecular complexity index is 654. The van der Waals surface area contributed by atoms with Gasteiger partial charge in [-0.2, -0.15) is 0 Å². The van der Waals surface area contributed by atoms with Gasteiger partial charge in [-0.3, -0.25) is 9.69 Å². The van der Waals surface area contributed by atoms with Crippen molar-refractivity contribution in [3.63, 3.8) is 0 Å². The number of halogens is 1. The smallest absolute Gasteiger partial charge is 0.221 e. The molecule has 2 heterocycles. The number of nitrogens with one attached hydrogen (secondary N) is 1. The van der Waals surface area contributed by atoms with Crippen LogP contribution in [0.25, 0.3) is 0 Å². The second kappa shape index (κ2) is 9.02. The average Bonchev–Trinajstić information content (AvgIpc) is 3.04. The minimum atomic E-state index is -0.162. The molecule has 1 N–H and O–H groups in total. The molecule has 0 aliphatic carbocycles. The first-order chi connectivity index (χ1) is 13.0. The number of benzene rings is 1. The van der Waals surface area contributed by atoms with Crippen LogP contribution in [0, 0.1) is 11.2 Å². The molecule has 27 heavy (non-hydrogen) atoms. The molecule has 0 unspecified atom stereocenters. The highest BCUT2D eigenvalue weighted by Crippen LogP contribution is 2.39. The Hall–Kier alpha value is -1.66. The number of hydrogen-bond acceptors (Lipinski definition) is 4. The van der Waals surface area contributed by atoms with Crippen LogP contribution in [0.2, 0.25) is 0 Å². The number of amides is 1. The van der Waals surface area contributed by atoms with Gasteiger partial charge in [-0.1, -0.05) is 0 Å². The molecule has 5 nitrogen and oxygen atoms in total. The Morgan fingerprint density at radius 2 is 2.07 bits per heavy atom. The summed E-state index contributed by atoms with van der Waals surface area (Å²) in [6.07, 6.45) is 4.11. The van der Waals surface area contributed by atoms with Gasteiger partial charge in [0, 0.05) is 44.7 Å². The number of hydrogen-bond donors (Lipinski definition) is 1. The number of likely N-dealkylation sites (tertiary alicyclic amines) is 2. The lowest BCUT2D eigenvalue weighted by atomic mass is 9.79. The minimum absolute atomic E-state index is 0.136. The van der Waals surface area contributed by atoms with Crippen molar-refractivity contribution in [2.75, 3.05) is 46.4 Å². The van der Waals surface area contributed by atoms with Crippen molar-refractivity contribution in [3.05, 3.63) is 29.6 Å². The van der Waals surface area contributed by atoms with Crippen LogP contribution in [0.1, 0.15) is 38.2 Å². The molecular formula is C21H32FN3O2. The molecule has 3 rings (SSSR count). The molecular weight excluding hydrogens is 345 g/mol. The zero-order valence-corrected chi connectivity index (χ0v) is 16.6. The van der Waals surface area contributed by atoms with Gasteiger partial charge in [0.25, 0.3) is 0 Å². The van der Waals surface area contributed by atoms with Gasteiger partial charge < -0.3 is 15.0 Å². The van der Waals surface area contributed by atoms with Gasteiger partial charge >= 0.3 is 0 Å². The summed E-state index contributed by atoms with van der Waals surface area (Å²) in [5.74, 6) is 0.679. The summed E-state index contributed by atoms with van der Waals surface area (Å²) >= 11 is 0. The van der Waals surface area contributed by atoms with Crippen molar-refractivity contribution in [1.82, 2.24) is 15.1 Å². The van der Waals surface area contributed by atoms with Gasteiger partial charge in [0.1, 0.15) is 11.6 Å². The molecule has 0 aromatic heterocycles. The summed E-state index contributed by atoms with van der Waals surface area (Å²) in [6, 6.07) is 4.97. The summed E-state index contributed by atoms with van der Waals surface area (Å²) < 4.78 is 19.4. The van der Waals surface area contributed by atoms with Crippen LogP contribution in [-0.2, 0) is 11.3 Å². The molecule has 2 aliphatic heterocycles. The van der Waals surface area contributed by atoms with E-state index in [-0.39, 0.29) is 17.1 Å². The Labute approximate surface area is 161 Å². The van der Waals surface area contributed by atoms with Gasteiger partial charge in [0.15, 0.2) is 0 Å². The molecule has 1 aromatic rings. The van der Waals surface area contributed by atoms with E-state index in [0.717, 1.165) is 39.1 Å². The highest BCUT2D eigenvalue weighted by molar-refractivity contribution is 5.75. The first-order valence-corrected chi connectivity index (χ1v) is 10.1. The number of rotatable bonds is 7. The lowest BCUT2D eigenvalue weighted by Gasteiger charge is -2.40. The first kappa shape index (κ1) is 20.1. The third-order valence-corrected chi connectivity index (χ3v) is 5.93. The van der Waals surface area contributed by atoms with Crippen LogP contribution in [-0.4, -0.2) is 62.1 Å². The summed E-state index contributed by atoms with van der Waals surface area (Å²) in [7, 11) is 1.61. The van der Waals surface area contributed by atoms with Gasteiger partial charge in [0.2, 0.25) is 5.91 Å². The molecule has 1 spiro atoms. The van der Waals surface area contributed by atoms with Crippen molar-refractivity contribution < 1.29 is 13.9 Å². The van der Waals surface area contributed by atoms with Crippen LogP contribution < -0.4 is 10.1 Å². The summed E-state index contributed by atoms with van der Waals surface area (Å²) in [6.45, 7) is 8.22. The van der Waals surface area contributed by atoms with Crippen LogP contribution in [0.15, 0.2) is 18.2 Å². The van der Waals surface area contributed by atoms with Crippen molar-refractivity contribution >= 4 is 5.91 Å². The van der Waals surface area contributed by atoms with Crippen molar-refractivity contribution in [1.29, 1.82) is 0 Å². The SMILES string of the molecule is CCNC(=O)CCN1CC[C@@]2(CCCN(Cc3cc(OC)ccc3F)C2)C1. The zero-order chi connectivity index (χ0) is 19.3. The second-order valence-electron chi connectivity index (χ2n) is 8.00. The first-order valence-electron chi connectivity index (χ1n) is 10.1. The van der Waals surface area contributed by atoms with E-state index in [0.29, 0.717) is 30.8 Å². The maximum absolute atomic E-state index is 14.2. The number of methoxy groups -OCH3 is 1. The quantitative estimate of drug-likeness (QED) is 0.794. The van der Waals surface area contributed by atoms with Crippen LogP contribution in [0.3, 0.4) is 0 Å². The molecule has 2 saturated heterocycles. The molecule has 150 valence electrons. The molecule has 1 atom stereocenters. The maximum Gasteiger partial charge on any atom is 0.221 e. The van der Waals surface area contributed by atoms with Gasteiger partial charge in [0.05, 0.1) is 7.11 Å². The number of carbonyl (C=O) groups is 1. The molecule has 0 bridgehead atoms. The monoisotopic (exact) mass is 377 g/mol. The van der Waals surface area contributed by atoms with E-state index in [9.17, 15) is 9.18 Å². The lowest BCUT2D eigenvalue weighted by molar-refractivity contribution is -0.121. The van der Waals surface area contributed by atoms with E-state index in [2.05, 4.69) is 15.1 Å². The molecule has 1 aromatic carbocycles. The topological polar surface area (TPSA) is 44.8 Å². The maximum atomic E-state index is 14.2. The number of carbonyl (C=O) groups excluding carboxylic acids is 1. The van der Waals surface area contributed by atoms with Gasteiger partial charge in [-0.25, -0.2) is 4.39 Å². The summed E-state index contributed by atoms with van der Waals surface area (Å²) in [5.41, 5.74) is 0.993. The Morgan fingerprint density at radius 3 is 2.85 bits per heavy atom. The fraction of sp³-hybridized carbons (Fsp3) is 0.667. The number of piperidine rings is 1. The van der Waals surface area contributed by atoms with E-state index in [4.69, 9.17) is 4.74 Å². The standard InChI is InChI=1S/C21H32FN3O2/c1-3-23-20(26)7-11-24-12-9-21(15-24)8-4-10-25(16-21)14-17-13-18(27-2)5-6-19(17)22/h5-6,13H,3-4,7-12,14-16H2,1-2H3,(H,23,26)/t21-/m0/s1. The van der Waals surface area contributed by atoms with E-state index in [1.54, 1.807) is 13.2 Å². The summed E-state index contributed by atoms with van der Waals surface area (Å²) in [5, 5.41) is 2.87. The Morgan fingerprint density at radius 1 is 1.26 bits per heavy atom. The second-order valence-corrected chi connectivity index (χ2v) is 8.00. The molecule has 0 radical (unpaired) electrons. The number of ether oxygens (including phenoxy) is 1. The largest absolute Gasteiger partial charge is 0.497 e. The number of nitrogens with zero attached hydrogens (tertiary/aromatic N) is 2. The van der Waals surface area contributed by atoms with E-state index in [1.807, 2.05) is 13.0 Å². The predicted octanol–water partition coefficient (Wildman–Crippen LogP) is 2.65. The van der Waals surface area contributed by atoms with E-state index < -0.39 is 0 Å². The minimum Gasteiger partial charge on any atom is -0.497 e. The summed E-state index contributed by atoms with van der Waals surface area (Å²) in [4.78, 5) is 16.5. The molecule has 6 heteroatoms. The fourth-order valence-corrected chi connectivity index (χ4v) is 4.58. The van der Waals surface area contributed by atoms with Crippen LogP contribution >= 0.6 is 0 Å². The molecule has 0 saturated carbocycles. The Kier molecular flexibility index (Phi) is 6.71. The van der Waals surface area contributed by atoms with Gasteiger partial charge in [-0.15, -0.1) is 0 Å². The van der Waals surface area contributed by atoms with E-state index >= 15 is 0 Å². The average molecular weight is 378 g/mol. The lowest BCUT2D eigenvalue weighted by Crippen LogP contribution is -2.44. The third kappa shape index (κ3) is 5.20. The zero-order valence-electron chi connectivity index (χ0n) is 16.6. The van der Waals surface area contributed by atoms with E-state index in [1.165, 1.54) is 18.9 Å². The third-order valence-electron chi connectivity index (χ3n) is 5.93. The molecule has 2 fully saturated rings. The fourth-order valence-electron chi connectivity index (χ4n) is 4.58. The van der Waals surface area contributed by atoms with Gasteiger partial charge in [-0.05, 0) is 62.9 Å². The van der Waals surface area contributed by atoms with Crippen LogP contribution in [0.4, 0.5) is 4.39 Å². The van der Waals surface area contributed by atoms with Crippen molar-refractivity contribution in [2.24, 2.45) is 5.41 Å². The Balaban J connectivity index is 1.56.